The molecule has 0 saturated heterocycles. The molecule has 0 fully saturated rings. The Morgan fingerprint density at radius 2 is 2.00 bits per heavy atom. The lowest BCUT2D eigenvalue weighted by molar-refractivity contribution is 0.475. The Balaban J connectivity index is 1.75. The predicted octanol–water partition coefficient (Wildman–Crippen LogP) is 3.60. The van der Waals surface area contributed by atoms with E-state index in [1.165, 1.54) is 5.56 Å². The van der Waals surface area contributed by atoms with Gasteiger partial charge < -0.3 is 5.11 Å². The summed E-state index contributed by atoms with van der Waals surface area (Å²) in [7, 11) is 0. The summed E-state index contributed by atoms with van der Waals surface area (Å²) in [6, 6.07) is 11.1. The lowest BCUT2D eigenvalue weighted by Gasteiger charge is -2.20. The van der Waals surface area contributed by atoms with Gasteiger partial charge in [0.2, 0.25) is 5.95 Å². The van der Waals surface area contributed by atoms with Crippen molar-refractivity contribution in [1.29, 1.82) is 0 Å². The monoisotopic (exact) mass is 322 g/mol. The van der Waals surface area contributed by atoms with Crippen molar-refractivity contribution in [2.24, 2.45) is 5.10 Å². The van der Waals surface area contributed by atoms with Crippen LogP contribution in [0.3, 0.4) is 0 Å². The molecular formula is C17H14N4OS. The van der Waals surface area contributed by atoms with Crippen molar-refractivity contribution in [3.05, 3.63) is 70.7 Å². The lowest BCUT2D eigenvalue weighted by Crippen LogP contribution is -2.20. The molecule has 3 aromatic rings. The number of aromatic hydroxyl groups is 1. The van der Waals surface area contributed by atoms with E-state index in [0.29, 0.717) is 5.95 Å². The van der Waals surface area contributed by atoms with Gasteiger partial charge in [-0.1, -0.05) is 12.1 Å². The molecule has 0 radical (unpaired) electrons. The average Bonchev–Trinajstić information content (AvgIpc) is 3.25. The molecule has 1 atom stereocenters. The molecule has 0 saturated carbocycles. The van der Waals surface area contributed by atoms with E-state index in [0.717, 1.165) is 17.7 Å². The highest BCUT2D eigenvalue weighted by atomic mass is 32.1. The summed E-state index contributed by atoms with van der Waals surface area (Å²) in [4.78, 5) is 8.66. The smallest absolute Gasteiger partial charge is 0.246 e. The third-order valence-corrected chi connectivity index (χ3v) is 4.48. The number of hydrazone groups is 1. The number of phenols is 1. The van der Waals surface area contributed by atoms with E-state index in [4.69, 9.17) is 5.10 Å². The normalized spacial score (nSPS) is 17.3. The first kappa shape index (κ1) is 13.9. The predicted molar refractivity (Wildman–Crippen MR) is 90.8 cm³/mol. The number of aromatic nitrogens is 2. The minimum absolute atomic E-state index is 0.0704. The molecule has 0 amide bonds. The summed E-state index contributed by atoms with van der Waals surface area (Å²) >= 11 is 1.66. The van der Waals surface area contributed by atoms with E-state index in [1.807, 2.05) is 17.1 Å². The first-order chi connectivity index (χ1) is 11.3. The zero-order valence-corrected chi connectivity index (χ0v) is 13.0. The van der Waals surface area contributed by atoms with Crippen molar-refractivity contribution in [1.82, 2.24) is 9.97 Å². The summed E-state index contributed by atoms with van der Waals surface area (Å²) < 4.78 is 0. The number of nitrogens with zero attached hydrogens (tertiary/aromatic N) is 4. The fourth-order valence-electron chi connectivity index (χ4n) is 2.69. The van der Waals surface area contributed by atoms with Crippen LogP contribution in [0.4, 0.5) is 5.95 Å². The van der Waals surface area contributed by atoms with Crippen LogP contribution in [0.2, 0.25) is 0 Å². The second-order valence-corrected chi connectivity index (χ2v) is 6.05. The second-order valence-electron chi connectivity index (χ2n) is 5.27. The Hall–Kier alpha value is -2.73. The van der Waals surface area contributed by atoms with Gasteiger partial charge in [0.05, 0.1) is 11.8 Å². The first-order valence-electron chi connectivity index (χ1n) is 7.26. The Morgan fingerprint density at radius 1 is 1.13 bits per heavy atom. The van der Waals surface area contributed by atoms with Gasteiger partial charge in [-0.15, -0.1) is 0 Å². The molecule has 1 aromatic carbocycles. The zero-order chi connectivity index (χ0) is 15.6. The quantitative estimate of drug-likeness (QED) is 0.800. The van der Waals surface area contributed by atoms with Gasteiger partial charge in [0, 0.05) is 24.4 Å². The van der Waals surface area contributed by atoms with Gasteiger partial charge in [0.25, 0.3) is 0 Å². The number of phenolic OH excluding ortho intramolecular Hbond substituents is 1. The zero-order valence-electron chi connectivity index (χ0n) is 12.2. The van der Waals surface area contributed by atoms with Crippen LogP contribution in [0, 0.1) is 0 Å². The van der Waals surface area contributed by atoms with E-state index in [1.54, 1.807) is 41.9 Å². The molecule has 0 bridgehead atoms. The SMILES string of the molecule is Oc1cccc(C2=NN(c3ncccn3)[C@@H](c3ccsc3)C2)c1. The maximum absolute atomic E-state index is 9.71. The van der Waals surface area contributed by atoms with Gasteiger partial charge in [-0.25, -0.2) is 15.0 Å². The fourth-order valence-corrected chi connectivity index (χ4v) is 3.40. The number of hydrogen-bond acceptors (Lipinski definition) is 6. The molecule has 0 aliphatic carbocycles. The summed E-state index contributed by atoms with van der Waals surface area (Å²) in [6.07, 6.45) is 4.18. The molecule has 23 heavy (non-hydrogen) atoms. The van der Waals surface area contributed by atoms with Crippen LogP contribution >= 0.6 is 11.3 Å². The minimum atomic E-state index is 0.0704. The van der Waals surface area contributed by atoms with Gasteiger partial charge >= 0.3 is 0 Å². The molecule has 0 unspecified atom stereocenters. The highest BCUT2D eigenvalue weighted by Gasteiger charge is 2.31. The summed E-state index contributed by atoms with van der Waals surface area (Å²) in [5, 5.41) is 20.5. The number of hydrogen-bond donors (Lipinski definition) is 1. The maximum Gasteiger partial charge on any atom is 0.246 e. The van der Waals surface area contributed by atoms with E-state index in [-0.39, 0.29) is 11.8 Å². The van der Waals surface area contributed by atoms with Crippen LogP contribution in [0.25, 0.3) is 0 Å². The largest absolute Gasteiger partial charge is 0.508 e. The van der Waals surface area contributed by atoms with Crippen LogP contribution < -0.4 is 5.01 Å². The van der Waals surface area contributed by atoms with Crippen LogP contribution in [0.5, 0.6) is 5.75 Å². The molecule has 0 spiro atoms. The molecule has 2 aromatic heterocycles. The highest BCUT2D eigenvalue weighted by molar-refractivity contribution is 7.08. The van der Waals surface area contributed by atoms with Crippen LogP contribution in [0.15, 0.2) is 64.7 Å². The Labute approximate surface area is 137 Å². The Bertz CT molecular complexity index is 833. The van der Waals surface area contributed by atoms with Gasteiger partial charge in [0.15, 0.2) is 0 Å². The van der Waals surface area contributed by atoms with Crippen LogP contribution in [-0.2, 0) is 0 Å². The fraction of sp³-hybridized carbons (Fsp3) is 0.118. The molecule has 4 rings (SSSR count). The second kappa shape index (κ2) is 5.81. The molecule has 5 nitrogen and oxygen atoms in total. The molecule has 1 aliphatic rings. The van der Waals surface area contributed by atoms with Crippen molar-refractivity contribution >= 4 is 23.0 Å². The highest BCUT2D eigenvalue weighted by Crippen LogP contribution is 2.36. The molecule has 1 aliphatic heterocycles. The molecule has 3 heterocycles. The standard InChI is InChI=1S/C17H14N4OS/c22-14-4-1-3-12(9-14)15-10-16(13-5-8-23-11-13)21(20-15)17-18-6-2-7-19-17/h1-9,11,16,22H,10H2/t16-/m1/s1. The number of anilines is 1. The Morgan fingerprint density at radius 3 is 2.74 bits per heavy atom. The number of benzene rings is 1. The third-order valence-electron chi connectivity index (χ3n) is 3.77. The summed E-state index contributed by atoms with van der Waals surface area (Å²) in [5.74, 6) is 0.825. The van der Waals surface area contributed by atoms with Crippen molar-refractivity contribution in [3.8, 4) is 5.75 Å². The summed E-state index contributed by atoms with van der Waals surface area (Å²) in [6.45, 7) is 0. The van der Waals surface area contributed by atoms with Gasteiger partial charge in [0.1, 0.15) is 5.75 Å². The van der Waals surface area contributed by atoms with E-state index in [2.05, 4.69) is 26.8 Å². The molecule has 1 N–H and O–H groups in total. The molecule has 114 valence electrons. The van der Waals surface area contributed by atoms with Crippen molar-refractivity contribution in [3.63, 3.8) is 0 Å². The van der Waals surface area contributed by atoms with Crippen molar-refractivity contribution < 1.29 is 5.11 Å². The van der Waals surface area contributed by atoms with Crippen molar-refractivity contribution in [2.75, 3.05) is 5.01 Å². The topological polar surface area (TPSA) is 61.6 Å². The van der Waals surface area contributed by atoms with Crippen molar-refractivity contribution in [2.45, 2.75) is 12.5 Å². The van der Waals surface area contributed by atoms with E-state index < -0.39 is 0 Å². The lowest BCUT2D eigenvalue weighted by atomic mass is 10.0. The van der Waals surface area contributed by atoms with Crippen LogP contribution in [0.1, 0.15) is 23.6 Å². The molecule has 6 heteroatoms. The number of rotatable bonds is 3. The van der Waals surface area contributed by atoms with E-state index in [9.17, 15) is 5.11 Å². The average molecular weight is 322 g/mol. The summed E-state index contributed by atoms with van der Waals surface area (Å²) in [5.41, 5.74) is 3.04. The van der Waals surface area contributed by atoms with Gasteiger partial charge in [-0.05, 0) is 40.6 Å². The van der Waals surface area contributed by atoms with Gasteiger partial charge in [-0.2, -0.15) is 16.4 Å². The third kappa shape index (κ3) is 2.68. The number of thiophene rings is 1. The van der Waals surface area contributed by atoms with Gasteiger partial charge in [-0.3, -0.25) is 0 Å². The van der Waals surface area contributed by atoms with Crippen LogP contribution in [-0.4, -0.2) is 20.8 Å². The first-order valence-corrected chi connectivity index (χ1v) is 8.21. The maximum atomic E-state index is 9.71. The molecular weight excluding hydrogens is 308 g/mol. The minimum Gasteiger partial charge on any atom is -0.508 e. The van der Waals surface area contributed by atoms with E-state index >= 15 is 0 Å². The Kier molecular flexibility index (Phi) is 3.51.